The monoisotopic (exact) mass is 790 g/mol. The minimum atomic E-state index is -4.68. The minimum absolute atomic E-state index is 0.0300. The van der Waals surface area contributed by atoms with E-state index in [9.17, 15) is 0 Å². The molecule has 0 saturated carbocycles. The molecular formula is C52H37F3N4O. The Morgan fingerprint density at radius 3 is 1.30 bits per heavy atom. The Bertz CT molecular complexity index is 2850. The van der Waals surface area contributed by atoms with Crippen LogP contribution in [0.1, 0.15) is 11.1 Å². The van der Waals surface area contributed by atoms with E-state index >= 15 is 13.2 Å². The highest BCUT2D eigenvalue weighted by atomic mass is 19.4. The van der Waals surface area contributed by atoms with Gasteiger partial charge in [-0.2, -0.15) is 13.2 Å². The fourth-order valence-corrected chi connectivity index (χ4v) is 7.51. The van der Waals surface area contributed by atoms with Crippen LogP contribution in [-0.2, 0) is 6.18 Å². The number of anilines is 6. The van der Waals surface area contributed by atoms with E-state index in [1.807, 2.05) is 116 Å². The van der Waals surface area contributed by atoms with Gasteiger partial charge < -0.3 is 14.2 Å². The van der Waals surface area contributed by atoms with Crippen molar-refractivity contribution in [1.29, 1.82) is 0 Å². The van der Waals surface area contributed by atoms with E-state index in [1.165, 1.54) is 6.07 Å². The molecule has 5 nitrogen and oxygen atoms in total. The van der Waals surface area contributed by atoms with Gasteiger partial charge in [-0.3, -0.25) is 9.97 Å². The van der Waals surface area contributed by atoms with E-state index in [1.54, 1.807) is 53.8 Å². The van der Waals surface area contributed by atoms with Crippen molar-refractivity contribution >= 4 is 34.1 Å². The summed E-state index contributed by atoms with van der Waals surface area (Å²) in [6, 6.07) is 57.2. The molecule has 0 fully saturated rings. The van der Waals surface area contributed by atoms with E-state index in [-0.39, 0.29) is 5.69 Å². The number of furan rings is 1. The molecule has 60 heavy (non-hydrogen) atoms. The number of halogens is 3. The molecule has 9 rings (SSSR count). The molecule has 0 unspecified atom stereocenters. The van der Waals surface area contributed by atoms with Crippen LogP contribution in [0.15, 0.2) is 211 Å². The summed E-state index contributed by atoms with van der Waals surface area (Å²) in [6.45, 7) is 2.03. The van der Waals surface area contributed by atoms with Crippen LogP contribution in [0.2, 0.25) is 0 Å². The first-order valence-electron chi connectivity index (χ1n) is 19.4. The summed E-state index contributed by atoms with van der Waals surface area (Å²) >= 11 is 0. The zero-order valence-electron chi connectivity index (χ0n) is 32.5. The number of aromatic nitrogens is 2. The number of aryl methyl sites for hydroxylation is 1. The Morgan fingerprint density at radius 1 is 0.417 bits per heavy atom. The molecule has 0 N–H and O–H groups in total. The van der Waals surface area contributed by atoms with Crippen LogP contribution < -0.4 is 9.80 Å². The molecular weight excluding hydrogens is 754 g/mol. The van der Waals surface area contributed by atoms with Gasteiger partial charge >= 0.3 is 6.18 Å². The van der Waals surface area contributed by atoms with Gasteiger partial charge in [0.2, 0.25) is 0 Å². The number of pyridine rings is 2. The first-order chi connectivity index (χ1) is 29.3. The second kappa shape index (κ2) is 16.3. The van der Waals surface area contributed by atoms with Crippen LogP contribution in [-0.4, -0.2) is 9.97 Å². The van der Waals surface area contributed by atoms with E-state index in [0.717, 1.165) is 56.5 Å². The summed E-state index contributed by atoms with van der Waals surface area (Å²) in [5.74, 6) is 0.854. The van der Waals surface area contributed by atoms with Crippen LogP contribution in [0, 0.1) is 6.92 Å². The van der Waals surface area contributed by atoms with Crippen molar-refractivity contribution < 1.29 is 17.6 Å². The summed E-state index contributed by atoms with van der Waals surface area (Å²) in [4.78, 5) is 12.4. The molecule has 0 radical (unpaired) electrons. The average Bonchev–Trinajstić information content (AvgIpc) is 3.79. The van der Waals surface area contributed by atoms with E-state index < -0.39 is 11.7 Å². The molecule has 0 spiro atoms. The molecule has 0 amide bonds. The maximum atomic E-state index is 15.1. The third-order valence-electron chi connectivity index (χ3n) is 10.4. The molecule has 0 aliphatic heterocycles. The first kappa shape index (κ1) is 37.8. The molecule has 6 aromatic carbocycles. The van der Waals surface area contributed by atoms with Crippen LogP contribution >= 0.6 is 0 Å². The largest absolute Gasteiger partial charge is 0.456 e. The summed E-state index contributed by atoms with van der Waals surface area (Å²) < 4.78 is 51.6. The van der Waals surface area contributed by atoms with Crippen molar-refractivity contribution in [2.24, 2.45) is 0 Å². The molecule has 292 valence electrons. The highest BCUT2D eigenvalue weighted by molar-refractivity contribution is 5.83. The zero-order valence-corrected chi connectivity index (χ0v) is 32.5. The Labute approximate surface area is 346 Å². The highest BCUT2D eigenvalue weighted by Gasteiger charge is 2.36. The number of hydrogen-bond donors (Lipinski definition) is 0. The third-order valence-corrected chi connectivity index (χ3v) is 10.4. The van der Waals surface area contributed by atoms with Gasteiger partial charge in [-0.05, 0) is 132 Å². The Hall–Kier alpha value is -7.71. The fraction of sp³-hybridized carbons (Fsp3) is 0.0385. The summed E-state index contributed by atoms with van der Waals surface area (Å²) in [6.07, 6.45) is 2.05. The van der Waals surface area contributed by atoms with Gasteiger partial charge in [-0.15, -0.1) is 0 Å². The molecule has 9 aromatic rings. The predicted octanol–water partition coefficient (Wildman–Crippen LogP) is 15.0. The molecule has 3 aromatic heterocycles. The molecule has 0 aliphatic rings. The Morgan fingerprint density at radius 2 is 0.850 bits per heavy atom. The maximum Gasteiger partial charge on any atom is 0.418 e. The standard InChI is InChI=1S/C52H37F3N4O/c1-36-32-41(20-26-48(36)58(45-14-8-30-56-34-45)43-22-16-39(17-23-43)37-10-4-2-5-11-37)50-28-29-51(60-50)42-21-27-49(47(33-42)52(53,54)55)59(46-15-9-31-57-35-46)44-24-18-40(19-25-44)38-12-6-3-7-13-38/h2-35H,1H3. The van der Waals surface area contributed by atoms with E-state index in [4.69, 9.17) is 4.42 Å². The van der Waals surface area contributed by atoms with Crippen LogP contribution in [0.4, 0.5) is 47.3 Å². The normalized spacial score (nSPS) is 11.3. The van der Waals surface area contributed by atoms with E-state index in [2.05, 4.69) is 51.3 Å². The van der Waals surface area contributed by atoms with Gasteiger partial charge in [-0.1, -0.05) is 84.9 Å². The number of hydrogen-bond acceptors (Lipinski definition) is 5. The smallest absolute Gasteiger partial charge is 0.418 e. The molecule has 0 atom stereocenters. The molecule has 3 heterocycles. The lowest BCUT2D eigenvalue weighted by Gasteiger charge is -2.28. The number of alkyl halides is 3. The number of rotatable bonds is 10. The summed E-state index contributed by atoms with van der Waals surface area (Å²) in [5, 5.41) is 0. The second-order valence-corrected chi connectivity index (χ2v) is 14.3. The lowest BCUT2D eigenvalue weighted by Crippen LogP contribution is -2.17. The Kier molecular flexibility index (Phi) is 10.3. The quantitative estimate of drug-likeness (QED) is 0.138. The van der Waals surface area contributed by atoms with Crippen molar-refractivity contribution in [1.82, 2.24) is 9.97 Å². The Balaban J connectivity index is 1.04. The van der Waals surface area contributed by atoms with Gasteiger partial charge in [0.25, 0.3) is 0 Å². The van der Waals surface area contributed by atoms with E-state index in [0.29, 0.717) is 28.5 Å². The number of nitrogens with zero attached hydrogens (tertiary/aromatic N) is 4. The van der Waals surface area contributed by atoms with Crippen molar-refractivity contribution in [3.05, 3.63) is 218 Å². The molecule has 0 aliphatic carbocycles. The van der Waals surface area contributed by atoms with Crippen molar-refractivity contribution in [2.45, 2.75) is 13.1 Å². The lowest BCUT2D eigenvalue weighted by atomic mass is 10.0. The van der Waals surface area contributed by atoms with Crippen molar-refractivity contribution in [2.75, 3.05) is 9.80 Å². The first-order valence-corrected chi connectivity index (χ1v) is 19.4. The zero-order chi connectivity index (χ0) is 41.1. The second-order valence-electron chi connectivity index (χ2n) is 14.3. The van der Waals surface area contributed by atoms with Gasteiger partial charge in [0, 0.05) is 40.6 Å². The lowest BCUT2D eigenvalue weighted by molar-refractivity contribution is -0.137. The highest BCUT2D eigenvalue weighted by Crippen LogP contribution is 2.46. The molecule has 8 heteroatoms. The van der Waals surface area contributed by atoms with Crippen LogP contribution in [0.5, 0.6) is 0 Å². The van der Waals surface area contributed by atoms with Crippen molar-refractivity contribution in [3.63, 3.8) is 0 Å². The summed E-state index contributed by atoms with van der Waals surface area (Å²) in [5.41, 5.74) is 9.32. The fourth-order valence-electron chi connectivity index (χ4n) is 7.51. The predicted molar refractivity (Wildman–Crippen MR) is 235 cm³/mol. The van der Waals surface area contributed by atoms with Gasteiger partial charge in [0.1, 0.15) is 11.5 Å². The van der Waals surface area contributed by atoms with Gasteiger partial charge in [-0.25, -0.2) is 0 Å². The SMILES string of the molecule is Cc1cc(-c2ccc(-c3ccc(N(c4ccc(-c5ccccc5)cc4)c4cccnc4)c(C(F)(F)F)c3)o2)ccc1N(c1ccc(-c2ccccc2)cc1)c1cccnc1. The van der Waals surface area contributed by atoms with Gasteiger partial charge in [0.05, 0.1) is 35.0 Å². The topological polar surface area (TPSA) is 45.4 Å². The van der Waals surface area contributed by atoms with Crippen LogP contribution in [0.25, 0.3) is 44.9 Å². The van der Waals surface area contributed by atoms with Gasteiger partial charge in [0.15, 0.2) is 0 Å². The maximum absolute atomic E-state index is 15.1. The summed E-state index contributed by atoms with van der Waals surface area (Å²) in [7, 11) is 0. The van der Waals surface area contributed by atoms with Crippen molar-refractivity contribution in [3.8, 4) is 44.9 Å². The van der Waals surface area contributed by atoms with Crippen LogP contribution in [0.3, 0.4) is 0 Å². The number of benzene rings is 6. The third kappa shape index (κ3) is 7.78. The molecule has 0 bridgehead atoms. The molecule has 0 saturated heterocycles. The minimum Gasteiger partial charge on any atom is -0.456 e. The average molecular weight is 791 g/mol.